The van der Waals surface area contributed by atoms with Gasteiger partial charge in [-0.1, -0.05) is 19.3 Å². The Hall–Kier alpha value is -0.120. The summed E-state index contributed by atoms with van der Waals surface area (Å²) < 4.78 is 5.91. The van der Waals surface area contributed by atoms with Crippen LogP contribution in [0.15, 0.2) is 0 Å². The van der Waals surface area contributed by atoms with Crippen LogP contribution in [0.3, 0.4) is 0 Å². The van der Waals surface area contributed by atoms with Crippen molar-refractivity contribution in [3.63, 3.8) is 0 Å². The van der Waals surface area contributed by atoms with Crippen molar-refractivity contribution in [3.8, 4) is 0 Å². The van der Waals surface area contributed by atoms with Crippen molar-refractivity contribution in [2.45, 2.75) is 63.6 Å². The molecule has 3 nitrogen and oxygen atoms in total. The van der Waals surface area contributed by atoms with Crippen LogP contribution in [0.1, 0.15) is 52.4 Å². The van der Waals surface area contributed by atoms with Gasteiger partial charge in [0, 0.05) is 6.54 Å². The third-order valence-corrected chi connectivity index (χ3v) is 3.26. The summed E-state index contributed by atoms with van der Waals surface area (Å²) in [6, 6.07) is 0. The Labute approximate surface area is 93.0 Å². The number of aliphatic hydroxyl groups is 1. The molecule has 0 saturated heterocycles. The van der Waals surface area contributed by atoms with Gasteiger partial charge >= 0.3 is 0 Å². The molecule has 0 spiro atoms. The molecule has 0 radical (unpaired) electrons. The van der Waals surface area contributed by atoms with Crippen LogP contribution < -0.4 is 5.73 Å². The number of ether oxygens (including phenoxy) is 1. The van der Waals surface area contributed by atoms with E-state index in [0.29, 0.717) is 19.6 Å². The largest absolute Gasteiger partial charge is 0.390 e. The van der Waals surface area contributed by atoms with Crippen molar-refractivity contribution in [1.82, 2.24) is 0 Å². The molecule has 0 bridgehead atoms. The van der Waals surface area contributed by atoms with Crippen molar-refractivity contribution in [2.24, 2.45) is 5.73 Å². The first-order chi connectivity index (χ1) is 6.97. The van der Waals surface area contributed by atoms with Gasteiger partial charge < -0.3 is 15.6 Å². The fourth-order valence-corrected chi connectivity index (χ4v) is 2.12. The second-order valence-corrected chi connectivity index (χ2v) is 5.36. The fraction of sp³-hybridized carbons (Fsp3) is 1.00. The van der Waals surface area contributed by atoms with E-state index in [0.717, 1.165) is 12.8 Å². The Morgan fingerprint density at radius 1 is 1.27 bits per heavy atom. The van der Waals surface area contributed by atoms with E-state index in [1.165, 1.54) is 19.3 Å². The molecule has 1 fully saturated rings. The standard InChI is InChI=1S/C12H25NO2/c1-11(2,14)8-9-15-12(10-13)6-4-3-5-7-12/h14H,3-10,13H2,1-2H3. The van der Waals surface area contributed by atoms with Gasteiger partial charge in [0.2, 0.25) is 0 Å². The molecule has 1 rings (SSSR count). The van der Waals surface area contributed by atoms with Crippen molar-refractivity contribution < 1.29 is 9.84 Å². The Morgan fingerprint density at radius 3 is 2.33 bits per heavy atom. The zero-order valence-corrected chi connectivity index (χ0v) is 10.1. The molecule has 0 amide bonds. The molecule has 0 aromatic heterocycles. The van der Waals surface area contributed by atoms with Gasteiger partial charge in [0.25, 0.3) is 0 Å². The van der Waals surface area contributed by atoms with Gasteiger partial charge in [-0.25, -0.2) is 0 Å². The zero-order valence-electron chi connectivity index (χ0n) is 10.1. The molecule has 0 heterocycles. The van der Waals surface area contributed by atoms with Gasteiger partial charge in [-0.3, -0.25) is 0 Å². The zero-order chi connectivity index (χ0) is 11.4. The summed E-state index contributed by atoms with van der Waals surface area (Å²) in [5.74, 6) is 0. The van der Waals surface area contributed by atoms with Gasteiger partial charge in [-0.15, -0.1) is 0 Å². The highest BCUT2D eigenvalue weighted by molar-refractivity contribution is 4.85. The lowest BCUT2D eigenvalue weighted by Gasteiger charge is -2.36. The number of rotatable bonds is 5. The predicted molar refractivity (Wildman–Crippen MR) is 61.7 cm³/mol. The molecule has 3 heteroatoms. The van der Waals surface area contributed by atoms with Crippen molar-refractivity contribution in [2.75, 3.05) is 13.2 Å². The highest BCUT2D eigenvalue weighted by Gasteiger charge is 2.31. The summed E-state index contributed by atoms with van der Waals surface area (Å²) in [4.78, 5) is 0. The molecule has 15 heavy (non-hydrogen) atoms. The van der Waals surface area contributed by atoms with Crippen LogP contribution in [-0.2, 0) is 4.74 Å². The lowest BCUT2D eigenvalue weighted by molar-refractivity contribution is -0.0805. The maximum Gasteiger partial charge on any atom is 0.0804 e. The molecule has 0 aromatic rings. The summed E-state index contributed by atoms with van der Waals surface area (Å²) in [7, 11) is 0. The predicted octanol–water partition coefficient (Wildman–Crippen LogP) is 1.83. The fourth-order valence-electron chi connectivity index (χ4n) is 2.12. The summed E-state index contributed by atoms with van der Waals surface area (Å²) in [5.41, 5.74) is 5.07. The van der Waals surface area contributed by atoms with Gasteiger partial charge in [0.05, 0.1) is 17.8 Å². The average Bonchev–Trinajstić information content (AvgIpc) is 2.17. The Kier molecular flexibility index (Phi) is 4.56. The quantitative estimate of drug-likeness (QED) is 0.735. The normalized spacial score (nSPS) is 21.6. The van der Waals surface area contributed by atoms with Crippen LogP contribution in [0.4, 0.5) is 0 Å². The van der Waals surface area contributed by atoms with E-state index in [9.17, 15) is 5.11 Å². The second kappa shape index (κ2) is 5.28. The van der Waals surface area contributed by atoms with Gasteiger partial charge in [-0.2, -0.15) is 0 Å². The Balaban J connectivity index is 2.33. The van der Waals surface area contributed by atoms with E-state index in [4.69, 9.17) is 10.5 Å². The van der Waals surface area contributed by atoms with Crippen LogP contribution in [0.5, 0.6) is 0 Å². The minimum absolute atomic E-state index is 0.0937. The lowest BCUT2D eigenvalue weighted by atomic mass is 9.84. The summed E-state index contributed by atoms with van der Waals surface area (Å²) in [5, 5.41) is 9.59. The van der Waals surface area contributed by atoms with E-state index in [1.54, 1.807) is 0 Å². The summed E-state index contributed by atoms with van der Waals surface area (Å²) in [6.45, 7) is 4.85. The molecule has 0 atom stereocenters. The van der Waals surface area contributed by atoms with E-state index in [2.05, 4.69) is 0 Å². The third-order valence-electron chi connectivity index (χ3n) is 3.26. The molecular formula is C12H25NO2. The van der Waals surface area contributed by atoms with Gasteiger partial charge in [0.1, 0.15) is 0 Å². The highest BCUT2D eigenvalue weighted by atomic mass is 16.5. The molecule has 0 aromatic carbocycles. The molecule has 1 saturated carbocycles. The van der Waals surface area contributed by atoms with Crippen LogP contribution >= 0.6 is 0 Å². The topological polar surface area (TPSA) is 55.5 Å². The van der Waals surface area contributed by atoms with E-state index < -0.39 is 5.60 Å². The van der Waals surface area contributed by atoms with Crippen LogP contribution in [-0.4, -0.2) is 29.5 Å². The first kappa shape index (κ1) is 12.9. The SMILES string of the molecule is CC(C)(O)CCOC1(CN)CCCCC1. The van der Waals surface area contributed by atoms with Crippen molar-refractivity contribution in [1.29, 1.82) is 0 Å². The Bertz CT molecular complexity index is 181. The smallest absolute Gasteiger partial charge is 0.0804 e. The lowest BCUT2D eigenvalue weighted by Crippen LogP contribution is -2.43. The first-order valence-corrected chi connectivity index (χ1v) is 6.04. The maximum absolute atomic E-state index is 9.59. The molecular weight excluding hydrogens is 190 g/mol. The van der Waals surface area contributed by atoms with E-state index in [-0.39, 0.29) is 5.60 Å². The molecule has 1 aliphatic carbocycles. The minimum atomic E-state index is -0.634. The van der Waals surface area contributed by atoms with Crippen molar-refractivity contribution in [3.05, 3.63) is 0 Å². The van der Waals surface area contributed by atoms with Crippen LogP contribution in [0.2, 0.25) is 0 Å². The highest BCUT2D eigenvalue weighted by Crippen LogP contribution is 2.31. The number of nitrogens with two attached hydrogens (primary N) is 1. The number of hydrogen-bond donors (Lipinski definition) is 2. The molecule has 0 unspecified atom stereocenters. The Morgan fingerprint density at radius 2 is 1.87 bits per heavy atom. The summed E-state index contributed by atoms with van der Waals surface area (Å²) in [6.07, 6.45) is 6.58. The monoisotopic (exact) mass is 215 g/mol. The third kappa shape index (κ3) is 4.49. The second-order valence-electron chi connectivity index (χ2n) is 5.36. The maximum atomic E-state index is 9.59. The first-order valence-electron chi connectivity index (χ1n) is 6.04. The van der Waals surface area contributed by atoms with Gasteiger partial charge in [-0.05, 0) is 33.1 Å². The van der Waals surface area contributed by atoms with Crippen LogP contribution in [0.25, 0.3) is 0 Å². The van der Waals surface area contributed by atoms with Crippen LogP contribution in [0, 0.1) is 0 Å². The molecule has 1 aliphatic rings. The average molecular weight is 215 g/mol. The van der Waals surface area contributed by atoms with E-state index >= 15 is 0 Å². The van der Waals surface area contributed by atoms with Gasteiger partial charge in [0.15, 0.2) is 0 Å². The molecule has 3 N–H and O–H groups in total. The minimum Gasteiger partial charge on any atom is -0.390 e. The molecule has 0 aliphatic heterocycles. The van der Waals surface area contributed by atoms with Crippen molar-refractivity contribution >= 4 is 0 Å². The number of hydrogen-bond acceptors (Lipinski definition) is 3. The summed E-state index contributed by atoms with van der Waals surface area (Å²) >= 11 is 0. The van der Waals surface area contributed by atoms with E-state index in [1.807, 2.05) is 13.8 Å². The molecule has 90 valence electrons.